The molecule has 2 heterocycles. The van der Waals surface area contributed by atoms with Gasteiger partial charge in [0.1, 0.15) is 0 Å². The summed E-state index contributed by atoms with van der Waals surface area (Å²) in [7, 11) is 0. The highest BCUT2D eigenvalue weighted by atomic mass is 15.2. The van der Waals surface area contributed by atoms with Crippen LogP contribution in [0, 0.1) is 0 Å². The van der Waals surface area contributed by atoms with Crippen molar-refractivity contribution >= 4 is 10.9 Å². The molecule has 0 unspecified atom stereocenters. The molecule has 1 N–H and O–H groups in total. The van der Waals surface area contributed by atoms with Crippen LogP contribution in [0.25, 0.3) is 10.9 Å². The maximum Gasteiger partial charge on any atom is 0.0706 e. The lowest BCUT2D eigenvalue weighted by molar-refractivity contribution is 0.169. The quantitative estimate of drug-likeness (QED) is 0.873. The zero-order valence-electron chi connectivity index (χ0n) is 12.7. The Labute approximate surface area is 126 Å². The second kappa shape index (κ2) is 6.37. The average molecular weight is 281 g/mol. The van der Waals surface area contributed by atoms with E-state index in [1.807, 2.05) is 0 Å². The first-order chi connectivity index (χ1) is 10.2. The number of nitrogens with zero attached hydrogens (tertiary/aromatic N) is 2. The van der Waals surface area contributed by atoms with Gasteiger partial charge in [-0.25, -0.2) is 0 Å². The third-order valence-corrected chi connectivity index (χ3v) is 4.10. The fourth-order valence-electron chi connectivity index (χ4n) is 3.01. The van der Waals surface area contributed by atoms with E-state index in [9.17, 15) is 0 Å². The van der Waals surface area contributed by atoms with Gasteiger partial charge in [0.2, 0.25) is 0 Å². The Morgan fingerprint density at radius 2 is 2.00 bits per heavy atom. The molecule has 3 rings (SSSR count). The highest BCUT2D eigenvalue weighted by Gasteiger charge is 2.23. The van der Waals surface area contributed by atoms with E-state index in [2.05, 4.69) is 60.1 Å². The Kier molecular flexibility index (Phi) is 4.32. The summed E-state index contributed by atoms with van der Waals surface area (Å²) in [6, 6.07) is 13.0. The first-order valence-electron chi connectivity index (χ1n) is 7.69. The van der Waals surface area contributed by atoms with Crippen LogP contribution in [0.5, 0.6) is 0 Å². The van der Waals surface area contributed by atoms with Gasteiger partial charge in [-0.1, -0.05) is 29.8 Å². The molecule has 3 nitrogen and oxygen atoms in total. The number of pyridine rings is 1. The van der Waals surface area contributed by atoms with E-state index in [1.165, 1.54) is 16.7 Å². The summed E-state index contributed by atoms with van der Waals surface area (Å²) in [4.78, 5) is 7.43. The predicted octanol–water partition coefficient (Wildman–Crippen LogP) is 3.15. The van der Waals surface area contributed by atoms with Crippen molar-refractivity contribution in [2.24, 2.45) is 0 Å². The van der Waals surface area contributed by atoms with E-state index < -0.39 is 0 Å². The third-order valence-electron chi connectivity index (χ3n) is 4.10. The summed E-state index contributed by atoms with van der Waals surface area (Å²) in [5, 5.41) is 4.62. The fraction of sp³-hybridized carbons (Fsp3) is 0.389. The SMILES string of the molecule is C=C(C)C[C@H](c1ccc2ccccc2n1)N1CCNCC1. The number of piperazine rings is 1. The molecule has 0 saturated carbocycles. The molecular weight excluding hydrogens is 258 g/mol. The molecule has 1 aliphatic rings. The molecule has 0 aliphatic carbocycles. The van der Waals surface area contributed by atoms with Gasteiger partial charge < -0.3 is 5.32 Å². The molecule has 1 aromatic carbocycles. The summed E-state index contributed by atoms with van der Waals surface area (Å²) in [6.07, 6.45) is 0.978. The van der Waals surface area contributed by atoms with Gasteiger partial charge >= 0.3 is 0 Å². The molecule has 2 aromatic rings. The smallest absolute Gasteiger partial charge is 0.0706 e. The highest BCUT2D eigenvalue weighted by molar-refractivity contribution is 5.78. The molecule has 110 valence electrons. The number of aromatic nitrogens is 1. The highest BCUT2D eigenvalue weighted by Crippen LogP contribution is 2.27. The average Bonchev–Trinajstić information content (AvgIpc) is 2.53. The largest absolute Gasteiger partial charge is 0.314 e. The van der Waals surface area contributed by atoms with Gasteiger partial charge in [-0.05, 0) is 25.5 Å². The standard InChI is InChI=1S/C18H23N3/c1-14(2)13-18(21-11-9-19-10-12-21)17-8-7-15-5-3-4-6-16(15)20-17/h3-8,18-19H,1,9-13H2,2H3/t18-/m1/s1. The van der Waals surface area contributed by atoms with Gasteiger partial charge in [-0.15, -0.1) is 6.58 Å². The van der Waals surface area contributed by atoms with Crippen molar-refractivity contribution in [3.63, 3.8) is 0 Å². The number of hydrogen-bond donors (Lipinski definition) is 1. The molecule has 1 aliphatic heterocycles. The van der Waals surface area contributed by atoms with Crippen molar-refractivity contribution in [2.75, 3.05) is 26.2 Å². The van der Waals surface area contributed by atoms with Gasteiger partial charge in [0, 0.05) is 31.6 Å². The monoisotopic (exact) mass is 281 g/mol. The lowest BCUT2D eigenvalue weighted by atomic mass is 10.0. The van der Waals surface area contributed by atoms with E-state index in [-0.39, 0.29) is 0 Å². The maximum absolute atomic E-state index is 4.90. The third kappa shape index (κ3) is 3.31. The number of hydrogen-bond acceptors (Lipinski definition) is 3. The predicted molar refractivity (Wildman–Crippen MR) is 88.4 cm³/mol. The number of para-hydroxylation sites is 1. The number of nitrogens with one attached hydrogen (secondary N) is 1. The van der Waals surface area contributed by atoms with Crippen molar-refractivity contribution in [1.29, 1.82) is 0 Å². The van der Waals surface area contributed by atoms with Crippen LogP contribution in [0.2, 0.25) is 0 Å². The number of rotatable bonds is 4. The van der Waals surface area contributed by atoms with Gasteiger partial charge in [0.05, 0.1) is 17.3 Å². The Morgan fingerprint density at radius 1 is 1.24 bits per heavy atom. The Bertz CT molecular complexity index is 629. The molecular formula is C18H23N3. The summed E-state index contributed by atoms with van der Waals surface area (Å²) in [5.41, 5.74) is 3.46. The van der Waals surface area contributed by atoms with Gasteiger partial charge in [0.15, 0.2) is 0 Å². The lowest BCUT2D eigenvalue weighted by Crippen LogP contribution is -2.45. The molecule has 0 amide bonds. The summed E-state index contributed by atoms with van der Waals surface area (Å²) in [5.74, 6) is 0. The molecule has 3 heteroatoms. The fourth-order valence-corrected chi connectivity index (χ4v) is 3.01. The Morgan fingerprint density at radius 3 is 2.76 bits per heavy atom. The second-order valence-electron chi connectivity index (χ2n) is 5.89. The molecule has 1 aromatic heterocycles. The van der Waals surface area contributed by atoms with E-state index in [0.29, 0.717) is 6.04 Å². The van der Waals surface area contributed by atoms with Gasteiger partial charge in [0.25, 0.3) is 0 Å². The van der Waals surface area contributed by atoms with Crippen molar-refractivity contribution in [2.45, 2.75) is 19.4 Å². The zero-order chi connectivity index (χ0) is 14.7. The topological polar surface area (TPSA) is 28.2 Å². The second-order valence-corrected chi connectivity index (χ2v) is 5.89. The van der Waals surface area contributed by atoms with Crippen molar-refractivity contribution < 1.29 is 0 Å². The van der Waals surface area contributed by atoms with E-state index in [1.54, 1.807) is 0 Å². The molecule has 0 radical (unpaired) electrons. The van der Waals surface area contributed by atoms with E-state index in [0.717, 1.165) is 38.1 Å². The number of benzene rings is 1. The van der Waals surface area contributed by atoms with Crippen LogP contribution in [0.15, 0.2) is 48.6 Å². The normalized spacial score (nSPS) is 17.8. The summed E-state index contributed by atoms with van der Waals surface area (Å²) in [6.45, 7) is 10.5. The minimum Gasteiger partial charge on any atom is -0.314 e. The van der Waals surface area contributed by atoms with Crippen molar-refractivity contribution in [3.05, 3.63) is 54.2 Å². The molecule has 0 bridgehead atoms. The van der Waals surface area contributed by atoms with Crippen LogP contribution in [-0.2, 0) is 0 Å². The van der Waals surface area contributed by atoms with Crippen LogP contribution in [0.3, 0.4) is 0 Å². The molecule has 0 spiro atoms. The number of fused-ring (bicyclic) bond motifs is 1. The summed E-state index contributed by atoms with van der Waals surface area (Å²) < 4.78 is 0. The van der Waals surface area contributed by atoms with Gasteiger partial charge in [-0.3, -0.25) is 9.88 Å². The minimum atomic E-state index is 0.342. The zero-order valence-corrected chi connectivity index (χ0v) is 12.7. The molecule has 1 atom stereocenters. The van der Waals surface area contributed by atoms with Crippen LogP contribution in [-0.4, -0.2) is 36.1 Å². The van der Waals surface area contributed by atoms with Crippen LogP contribution in [0.4, 0.5) is 0 Å². The minimum absolute atomic E-state index is 0.342. The van der Waals surface area contributed by atoms with Crippen LogP contribution < -0.4 is 5.32 Å². The molecule has 1 saturated heterocycles. The lowest BCUT2D eigenvalue weighted by Gasteiger charge is -2.35. The summed E-state index contributed by atoms with van der Waals surface area (Å²) >= 11 is 0. The maximum atomic E-state index is 4.90. The van der Waals surface area contributed by atoms with Crippen molar-refractivity contribution in [3.8, 4) is 0 Å². The van der Waals surface area contributed by atoms with Gasteiger partial charge in [-0.2, -0.15) is 0 Å². The molecule has 1 fully saturated rings. The van der Waals surface area contributed by atoms with Crippen LogP contribution in [0.1, 0.15) is 25.1 Å². The van der Waals surface area contributed by atoms with Crippen molar-refractivity contribution in [1.82, 2.24) is 15.2 Å². The van der Waals surface area contributed by atoms with E-state index in [4.69, 9.17) is 4.98 Å². The Balaban J connectivity index is 1.94. The Hall–Kier alpha value is -1.71. The first kappa shape index (κ1) is 14.2. The van der Waals surface area contributed by atoms with E-state index >= 15 is 0 Å². The first-order valence-corrected chi connectivity index (χ1v) is 7.69. The van der Waals surface area contributed by atoms with Crippen LogP contribution >= 0.6 is 0 Å². The molecule has 21 heavy (non-hydrogen) atoms.